The smallest absolute Gasteiger partial charge is 0.252 e. The molecule has 0 unspecified atom stereocenters. The van der Waals surface area contributed by atoms with Gasteiger partial charge in [-0.15, -0.1) is 11.3 Å². The zero-order valence-electron chi connectivity index (χ0n) is 17.7. The monoisotopic (exact) mass is 485 g/mol. The van der Waals surface area contributed by atoms with Gasteiger partial charge in [-0.2, -0.15) is 4.31 Å². The molecule has 172 valence electrons. The average Bonchev–Trinajstić information content (AvgIpc) is 3.40. The van der Waals surface area contributed by atoms with Crippen LogP contribution in [0.4, 0.5) is 0 Å². The maximum Gasteiger partial charge on any atom is 0.252 e. The van der Waals surface area contributed by atoms with Gasteiger partial charge >= 0.3 is 0 Å². The molecule has 1 saturated heterocycles. The maximum absolute atomic E-state index is 12.6. The first kappa shape index (κ1) is 23.0. The number of ether oxygens (including phenoxy) is 1. The zero-order chi connectivity index (χ0) is 23.3. The predicted octanol–water partition coefficient (Wildman–Crippen LogP) is 2.80. The summed E-state index contributed by atoms with van der Waals surface area (Å²) < 4.78 is 32.6. The minimum absolute atomic E-state index is 0.154. The van der Waals surface area contributed by atoms with Crippen LogP contribution in [0.2, 0.25) is 0 Å². The molecule has 33 heavy (non-hydrogen) atoms. The number of para-hydroxylation sites is 1. The van der Waals surface area contributed by atoms with Gasteiger partial charge in [0.05, 0.1) is 6.54 Å². The fraction of sp³-hybridized carbons (Fsp3) is 0.217. The number of amides is 2. The van der Waals surface area contributed by atoms with Crippen molar-refractivity contribution in [1.29, 1.82) is 0 Å². The molecule has 1 fully saturated rings. The Morgan fingerprint density at radius 2 is 1.55 bits per heavy atom. The molecule has 1 aliphatic heterocycles. The molecule has 10 heteroatoms. The first-order chi connectivity index (χ1) is 15.9. The van der Waals surface area contributed by atoms with E-state index in [2.05, 4.69) is 5.32 Å². The van der Waals surface area contributed by atoms with E-state index < -0.39 is 10.0 Å². The van der Waals surface area contributed by atoms with Crippen LogP contribution in [0.3, 0.4) is 0 Å². The molecule has 8 nitrogen and oxygen atoms in total. The summed E-state index contributed by atoms with van der Waals surface area (Å²) in [5.41, 5.74) is 0.412. The molecule has 2 aromatic carbocycles. The Balaban J connectivity index is 1.25. The Hall–Kier alpha value is -3.21. The molecule has 0 spiro atoms. The molecule has 1 N–H and O–H groups in total. The highest BCUT2D eigenvalue weighted by molar-refractivity contribution is 7.91. The van der Waals surface area contributed by atoms with E-state index in [4.69, 9.17) is 4.74 Å². The average molecular weight is 486 g/mol. The van der Waals surface area contributed by atoms with E-state index in [1.165, 1.54) is 15.6 Å². The van der Waals surface area contributed by atoms with Crippen molar-refractivity contribution in [3.63, 3.8) is 0 Å². The molecule has 1 aromatic heterocycles. The van der Waals surface area contributed by atoms with E-state index in [9.17, 15) is 18.0 Å². The van der Waals surface area contributed by atoms with Crippen molar-refractivity contribution in [2.45, 2.75) is 4.21 Å². The number of thiophene rings is 1. The van der Waals surface area contributed by atoms with E-state index in [0.717, 1.165) is 0 Å². The van der Waals surface area contributed by atoms with Gasteiger partial charge in [-0.25, -0.2) is 8.42 Å². The van der Waals surface area contributed by atoms with Crippen molar-refractivity contribution in [3.8, 4) is 11.5 Å². The third-order valence-electron chi connectivity index (χ3n) is 5.18. The number of sulfonamides is 1. The Bertz CT molecular complexity index is 1190. The van der Waals surface area contributed by atoms with Crippen molar-refractivity contribution in [3.05, 3.63) is 77.7 Å². The van der Waals surface area contributed by atoms with Crippen LogP contribution in [-0.4, -0.2) is 62.2 Å². The van der Waals surface area contributed by atoms with Crippen LogP contribution in [0.5, 0.6) is 11.5 Å². The molecule has 0 bridgehead atoms. The van der Waals surface area contributed by atoms with Crippen molar-refractivity contribution >= 4 is 33.2 Å². The highest BCUT2D eigenvalue weighted by Gasteiger charge is 2.30. The number of hydrogen-bond donors (Lipinski definition) is 1. The number of nitrogens with one attached hydrogen (secondary N) is 1. The zero-order valence-corrected chi connectivity index (χ0v) is 19.3. The lowest BCUT2D eigenvalue weighted by Crippen LogP contribution is -2.52. The van der Waals surface area contributed by atoms with Gasteiger partial charge in [-0.05, 0) is 47.8 Å². The van der Waals surface area contributed by atoms with Crippen LogP contribution in [0.15, 0.2) is 76.3 Å². The second-order valence-electron chi connectivity index (χ2n) is 7.34. The van der Waals surface area contributed by atoms with Gasteiger partial charge in [-0.3, -0.25) is 9.59 Å². The fourth-order valence-electron chi connectivity index (χ4n) is 3.38. The molecular formula is C23H23N3O5S2. The minimum atomic E-state index is -3.52. The molecular weight excluding hydrogens is 462 g/mol. The van der Waals surface area contributed by atoms with E-state index >= 15 is 0 Å². The second-order valence-corrected chi connectivity index (χ2v) is 10.5. The normalized spacial score (nSPS) is 14.6. The highest BCUT2D eigenvalue weighted by atomic mass is 32.2. The van der Waals surface area contributed by atoms with Gasteiger partial charge in [0, 0.05) is 31.7 Å². The Kier molecular flexibility index (Phi) is 7.07. The largest absolute Gasteiger partial charge is 0.457 e. The topological polar surface area (TPSA) is 96.0 Å². The van der Waals surface area contributed by atoms with E-state index in [1.807, 2.05) is 30.3 Å². The van der Waals surface area contributed by atoms with Crippen molar-refractivity contribution in [2.24, 2.45) is 0 Å². The van der Waals surface area contributed by atoms with Crippen molar-refractivity contribution < 1.29 is 22.7 Å². The van der Waals surface area contributed by atoms with Crippen LogP contribution >= 0.6 is 11.3 Å². The van der Waals surface area contributed by atoms with Crippen molar-refractivity contribution in [2.75, 3.05) is 32.7 Å². The number of carbonyl (C=O) groups is 2. The first-order valence-corrected chi connectivity index (χ1v) is 12.7. The van der Waals surface area contributed by atoms with E-state index in [-0.39, 0.29) is 44.5 Å². The summed E-state index contributed by atoms with van der Waals surface area (Å²) >= 11 is 1.18. The van der Waals surface area contributed by atoms with Crippen LogP contribution in [0, 0.1) is 0 Å². The Morgan fingerprint density at radius 1 is 0.879 bits per heavy atom. The summed E-state index contributed by atoms with van der Waals surface area (Å²) in [5.74, 6) is 0.682. The molecule has 3 aromatic rings. The molecule has 2 amide bonds. The van der Waals surface area contributed by atoms with Crippen molar-refractivity contribution in [1.82, 2.24) is 14.5 Å². The van der Waals surface area contributed by atoms with Crippen LogP contribution in [0.1, 0.15) is 10.4 Å². The van der Waals surface area contributed by atoms with Gasteiger partial charge in [0.25, 0.3) is 15.9 Å². The summed E-state index contributed by atoms with van der Waals surface area (Å²) in [5, 5.41) is 4.35. The van der Waals surface area contributed by atoms with Crippen LogP contribution in [0.25, 0.3) is 0 Å². The number of carbonyl (C=O) groups excluding carboxylic acids is 2. The molecule has 0 saturated carbocycles. The number of benzene rings is 2. The number of nitrogens with zero attached hydrogens (tertiary/aromatic N) is 2. The van der Waals surface area contributed by atoms with Gasteiger partial charge < -0.3 is 15.0 Å². The van der Waals surface area contributed by atoms with Crippen LogP contribution in [-0.2, 0) is 14.8 Å². The molecule has 0 aliphatic carbocycles. The third kappa shape index (κ3) is 5.59. The second kappa shape index (κ2) is 10.2. The predicted molar refractivity (Wildman–Crippen MR) is 125 cm³/mol. The van der Waals surface area contributed by atoms with Gasteiger partial charge in [0.2, 0.25) is 5.91 Å². The summed E-state index contributed by atoms with van der Waals surface area (Å²) in [6, 6.07) is 19.2. The number of piperazine rings is 1. The Morgan fingerprint density at radius 3 is 2.18 bits per heavy atom. The summed E-state index contributed by atoms with van der Waals surface area (Å²) in [6.07, 6.45) is 0. The molecule has 4 rings (SSSR count). The maximum atomic E-state index is 12.6. The molecule has 0 radical (unpaired) electrons. The SMILES string of the molecule is O=C(NCC(=O)N1CCN(S(=O)(=O)c2cccs2)CC1)c1ccc(Oc2ccccc2)cc1. The van der Waals surface area contributed by atoms with Gasteiger partial charge in [-0.1, -0.05) is 24.3 Å². The Labute approximate surface area is 196 Å². The fourth-order valence-corrected chi connectivity index (χ4v) is 5.95. The minimum Gasteiger partial charge on any atom is -0.457 e. The lowest BCUT2D eigenvalue weighted by Gasteiger charge is -2.33. The molecule has 2 heterocycles. The third-order valence-corrected chi connectivity index (χ3v) is 8.45. The summed E-state index contributed by atoms with van der Waals surface area (Å²) in [4.78, 5) is 26.5. The van der Waals surface area contributed by atoms with Gasteiger partial charge in [0.1, 0.15) is 15.7 Å². The quantitative estimate of drug-likeness (QED) is 0.555. The summed E-state index contributed by atoms with van der Waals surface area (Å²) in [7, 11) is -3.52. The lowest BCUT2D eigenvalue weighted by atomic mass is 10.2. The number of rotatable bonds is 7. The lowest BCUT2D eigenvalue weighted by molar-refractivity contribution is -0.131. The molecule has 0 atom stereocenters. The molecule has 1 aliphatic rings. The standard InChI is InChI=1S/C23H23N3O5S2/c27-21(25-12-14-26(15-13-25)33(29,30)22-7-4-16-32-22)17-24-23(28)18-8-10-20(11-9-18)31-19-5-2-1-3-6-19/h1-11,16H,12-15,17H2,(H,24,28). The number of hydrogen-bond acceptors (Lipinski definition) is 6. The first-order valence-electron chi connectivity index (χ1n) is 10.4. The van der Waals surface area contributed by atoms with E-state index in [1.54, 1.807) is 46.7 Å². The highest BCUT2D eigenvalue weighted by Crippen LogP contribution is 2.22. The van der Waals surface area contributed by atoms with E-state index in [0.29, 0.717) is 21.3 Å². The van der Waals surface area contributed by atoms with Gasteiger partial charge in [0.15, 0.2) is 0 Å². The van der Waals surface area contributed by atoms with Crippen LogP contribution < -0.4 is 10.1 Å². The summed E-state index contributed by atoms with van der Waals surface area (Å²) in [6.45, 7) is 0.861.